The molecular weight excluding hydrogens is 276 g/mol. The zero-order valence-electron chi connectivity index (χ0n) is 12.4. The number of H-pyrrole nitrogens is 1. The molecule has 1 aliphatic rings. The number of rotatable bonds is 4. The Bertz CT molecular complexity index is 553. The number of aromatic nitrogens is 2. The van der Waals surface area contributed by atoms with Gasteiger partial charge in [-0.1, -0.05) is 12.8 Å². The fourth-order valence-electron chi connectivity index (χ4n) is 2.82. The summed E-state index contributed by atoms with van der Waals surface area (Å²) in [6.45, 7) is 4.81. The molecule has 1 aliphatic heterocycles. The van der Waals surface area contributed by atoms with Crippen molar-refractivity contribution in [3.63, 3.8) is 0 Å². The highest BCUT2D eigenvalue weighted by atomic mass is 32.2. The number of aryl methyl sites for hydroxylation is 1. The molecule has 2 N–H and O–H groups in total. The molecule has 1 aromatic heterocycles. The molecule has 1 unspecified atom stereocenters. The second-order valence-corrected chi connectivity index (χ2v) is 7.30. The van der Waals surface area contributed by atoms with E-state index in [1.165, 1.54) is 0 Å². The number of nitrogens with one attached hydrogen (secondary N) is 2. The normalized spacial score (nSPS) is 21.9. The SMILES string of the molecule is CNCc1n[nH]c(C)c1S(=O)(=O)N1CCCCCC1C. The molecule has 0 amide bonds. The lowest BCUT2D eigenvalue weighted by Crippen LogP contribution is -2.38. The predicted molar refractivity (Wildman–Crippen MR) is 77.9 cm³/mol. The molecule has 2 heterocycles. The summed E-state index contributed by atoms with van der Waals surface area (Å²) in [6, 6.07) is 0.0548. The van der Waals surface area contributed by atoms with Crippen LogP contribution in [0.4, 0.5) is 0 Å². The van der Waals surface area contributed by atoms with Gasteiger partial charge in [0, 0.05) is 19.1 Å². The van der Waals surface area contributed by atoms with Crippen molar-refractivity contribution in [2.24, 2.45) is 0 Å². The van der Waals surface area contributed by atoms with Crippen LogP contribution in [0, 0.1) is 6.92 Å². The fourth-order valence-corrected chi connectivity index (χ4v) is 4.85. The molecule has 0 spiro atoms. The summed E-state index contributed by atoms with van der Waals surface area (Å²) in [6.07, 6.45) is 4.06. The van der Waals surface area contributed by atoms with Crippen LogP contribution in [0.1, 0.15) is 44.0 Å². The molecule has 1 fully saturated rings. The van der Waals surface area contributed by atoms with E-state index in [9.17, 15) is 8.42 Å². The summed E-state index contributed by atoms with van der Waals surface area (Å²) < 4.78 is 27.6. The minimum Gasteiger partial charge on any atom is -0.314 e. The number of hydrogen-bond acceptors (Lipinski definition) is 4. The van der Waals surface area contributed by atoms with Crippen LogP contribution in [0.25, 0.3) is 0 Å². The first-order chi connectivity index (χ1) is 9.48. The van der Waals surface area contributed by atoms with E-state index in [0.29, 0.717) is 29.4 Å². The first-order valence-electron chi connectivity index (χ1n) is 7.18. The maximum absolute atomic E-state index is 13.0. The van der Waals surface area contributed by atoms with Crippen molar-refractivity contribution in [1.82, 2.24) is 19.8 Å². The van der Waals surface area contributed by atoms with Gasteiger partial charge in [-0.2, -0.15) is 9.40 Å². The van der Waals surface area contributed by atoms with Crippen LogP contribution in [-0.2, 0) is 16.6 Å². The first kappa shape index (κ1) is 15.5. The van der Waals surface area contributed by atoms with Gasteiger partial charge in [0.05, 0.1) is 11.4 Å². The maximum atomic E-state index is 13.0. The van der Waals surface area contributed by atoms with Gasteiger partial charge >= 0.3 is 0 Å². The summed E-state index contributed by atoms with van der Waals surface area (Å²) in [5, 5.41) is 9.89. The minimum atomic E-state index is -3.48. The maximum Gasteiger partial charge on any atom is 0.247 e. The third-order valence-electron chi connectivity index (χ3n) is 3.86. The monoisotopic (exact) mass is 300 g/mol. The lowest BCUT2D eigenvalue weighted by molar-refractivity contribution is 0.341. The highest BCUT2D eigenvalue weighted by Gasteiger charge is 2.34. The Morgan fingerprint density at radius 3 is 2.85 bits per heavy atom. The Hall–Kier alpha value is -0.920. The molecule has 1 atom stereocenters. The molecule has 1 aromatic rings. The Morgan fingerprint density at radius 1 is 1.40 bits per heavy atom. The number of sulfonamides is 1. The Kier molecular flexibility index (Phi) is 4.82. The summed E-state index contributed by atoms with van der Waals surface area (Å²) >= 11 is 0. The molecule has 7 heteroatoms. The molecule has 0 saturated carbocycles. The summed E-state index contributed by atoms with van der Waals surface area (Å²) in [5.74, 6) is 0. The highest BCUT2D eigenvalue weighted by Crippen LogP contribution is 2.27. The summed E-state index contributed by atoms with van der Waals surface area (Å²) in [5.41, 5.74) is 1.19. The third-order valence-corrected chi connectivity index (χ3v) is 6.08. The number of hydrogen-bond donors (Lipinski definition) is 2. The number of nitrogens with zero attached hydrogens (tertiary/aromatic N) is 2. The van der Waals surface area contributed by atoms with Crippen molar-refractivity contribution in [2.45, 2.75) is 57.0 Å². The third kappa shape index (κ3) is 2.89. The van der Waals surface area contributed by atoms with Gasteiger partial charge in [0.2, 0.25) is 10.0 Å². The molecule has 6 nitrogen and oxygen atoms in total. The quantitative estimate of drug-likeness (QED) is 0.881. The van der Waals surface area contributed by atoms with Crippen LogP contribution in [0.15, 0.2) is 4.90 Å². The van der Waals surface area contributed by atoms with Crippen LogP contribution in [0.2, 0.25) is 0 Å². The largest absolute Gasteiger partial charge is 0.314 e. The van der Waals surface area contributed by atoms with Crippen molar-refractivity contribution >= 4 is 10.0 Å². The molecule has 1 saturated heterocycles. The van der Waals surface area contributed by atoms with E-state index in [2.05, 4.69) is 15.5 Å². The van der Waals surface area contributed by atoms with E-state index in [4.69, 9.17) is 0 Å². The van der Waals surface area contributed by atoms with E-state index >= 15 is 0 Å². The second kappa shape index (κ2) is 6.24. The first-order valence-corrected chi connectivity index (χ1v) is 8.62. The van der Waals surface area contributed by atoms with Crippen molar-refractivity contribution in [3.05, 3.63) is 11.4 Å². The van der Waals surface area contributed by atoms with E-state index in [0.717, 1.165) is 25.7 Å². The second-order valence-electron chi connectivity index (χ2n) is 5.47. The molecule has 0 aliphatic carbocycles. The Balaban J connectivity index is 2.41. The van der Waals surface area contributed by atoms with Crippen LogP contribution in [-0.4, -0.2) is 42.6 Å². The van der Waals surface area contributed by atoms with Gasteiger partial charge in [0.15, 0.2) is 0 Å². The zero-order valence-corrected chi connectivity index (χ0v) is 13.3. The summed E-state index contributed by atoms with van der Waals surface area (Å²) in [7, 11) is -1.69. The smallest absolute Gasteiger partial charge is 0.247 e. The molecule has 114 valence electrons. The topological polar surface area (TPSA) is 78.1 Å². The molecule has 2 rings (SSSR count). The lowest BCUT2D eigenvalue weighted by atomic mass is 10.1. The molecule has 0 aromatic carbocycles. The van der Waals surface area contributed by atoms with Crippen LogP contribution in [0.5, 0.6) is 0 Å². The minimum absolute atomic E-state index is 0.0548. The van der Waals surface area contributed by atoms with Gasteiger partial charge in [-0.25, -0.2) is 8.42 Å². The fraction of sp³-hybridized carbons (Fsp3) is 0.769. The molecule has 0 bridgehead atoms. The van der Waals surface area contributed by atoms with E-state index in [-0.39, 0.29) is 6.04 Å². The zero-order chi connectivity index (χ0) is 14.8. The average Bonchev–Trinajstić information content (AvgIpc) is 2.61. The molecule has 0 radical (unpaired) electrons. The van der Waals surface area contributed by atoms with Gasteiger partial charge in [0.1, 0.15) is 4.90 Å². The number of aromatic amines is 1. The van der Waals surface area contributed by atoms with Crippen LogP contribution < -0.4 is 5.32 Å². The van der Waals surface area contributed by atoms with Crippen molar-refractivity contribution in [2.75, 3.05) is 13.6 Å². The lowest BCUT2D eigenvalue weighted by Gasteiger charge is -2.26. The van der Waals surface area contributed by atoms with E-state index in [1.807, 2.05) is 6.92 Å². The van der Waals surface area contributed by atoms with Crippen molar-refractivity contribution in [3.8, 4) is 0 Å². The Morgan fingerprint density at radius 2 is 2.15 bits per heavy atom. The van der Waals surface area contributed by atoms with Gasteiger partial charge < -0.3 is 5.32 Å². The Labute approximate surface area is 121 Å². The molecular formula is C13H24N4O2S. The van der Waals surface area contributed by atoms with Gasteiger partial charge in [-0.05, 0) is 33.7 Å². The highest BCUT2D eigenvalue weighted by molar-refractivity contribution is 7.89. The summed E-state index contributed by atoms with van der Waals surface area (Å²) in [4.78, 5) is 0.348. The molecule has 20 heavy (non-hydrogen) atoms. The average molecular weight is 300 g/mol. The van der Waals surface area contributed by atoms with E-state index < -0.39 is 10.0 Å². The predicted octanol–water partition coefficient (Wildman–Crippen LogP) is 1.39. The van der Waals surface area contributed by atoms with Gasteiger partial charge in [-0.15, -0.1) is 0 Å². The van der Waals surface area contributed by atoms with Gasteiger partial charge in [-0.3, -0.25) is 5.10 Å². The standard InChI is InChI=1S/C13H24N4O2S/c1-10-7-5-4-6-8-17(10)20(18,19)13-11(2)15-16-12(13)9-14-3/h10,14H,4-9H2,1-3H3,(H,15,16). The van der Waals surface area contributed by atoms with Crippen molar-refractivity contribution in [1.29, 1.82) is 0 Å². The van der Waals surface area contributed by atoms with Crippen molar-refractivity contribution < 1.29 is 8.42 Å². The van der Waals surface area contributed by atoms with Gasteiger partial charge in [0.25, 0.3) is 0 Å². The van der Waals surface area contributed by atoms with Crippen LogP contribution in [0.3, 0.4) is 0 Å². The van der Waals surface area contributed by atoms with E-state index in [1.54, 1.807) is 18.3 Å². The van der Waals surface area contributed by atoms with Crippen LogP contribution >= 0.6 is 0 Å².